The van der Waals surface area contributed by atoms with Crippen LogP contribution in [0.25, 0.3) is 0 Å². The van der Waals surface area contributed by atoms with Crippen LogP contribution in [-0.4, -0.2) is 33.3 Å². The van der Waals surface area contributed by atoms with Crippen molar-refractivity contribution in [3.8, 4) is 0 Å². The van der Waals surface area contributed by atoms with Crippen molar-refractivity contribution >= 4 is 40.9 Å². The van der Waals surface area contributed by atoms with Gasteiger partial charge in [0.1, 0.15) is 4.32 Å². The van der Waals surface area contributed by atoms with Gasteiger partial charge in [-0.1, -0.05) is 42.5 Å². The highest BCUT2D eigenvalue weighted by Crippen LogP contribution is 2.21. The SMILES string of the molecule is S=C(S)N1CCSCC1Cc1ccccc1. The fourth-order valence-corrected chi connectivity index (χ4v) is 3.53. The molecular formula is C12H15NS3. The zero-order valence-corrected chi connectivity index (χ0v) is 11.5. The second-order valence-corrected chi connectivity index (χ2v) is 6.16. The van der Waals surface area contributed by atoms with Crippen LogP contribution in [0.15, 0.2) is 30.3 Å². The Hall–Kier alpha value is -0.190. The van der Waals surface area contributed by atoms with Gasteiger partial charge in [-0.25, -0.2) is 0 Å². The number of hydrogen-bond acceptors (Lipinski definition) is 2. The number of hydrogen-bond donors (Lipinski definition) is 1. The lowest BCUT2D eigenvalue weighted by Crippen LogP contribution is -2.44. The Morgan fingerprint density at radius 3 is 2.88 bits per heavy atom. The number of benzene rings is 1. The highest BCUT2D eigenvalue weighted by Gasteiger charge is 2.23. The molecule has 1 aromatic rings. The topological polar surface area (TPSA) is 3.24 Å². The monoisotopic (exact) mass is 269 g/mol. The molecule has 1 aliphatic rings. The van der Waals surface area contributed by atoms with Crippen LogP contribution in [0.2, 0.25) is 0 Å². The van der Waals surface area contributed by atoms with Gasteiger partial charge in [0.15, 0.2) is 0 Å². The molecule has 0 amide bonds. The maximum Gasteiger partial charge on any atom is 0.133 e. The smallest absolute Gasteiger partial charge is 0.133 e. The van der Waals surface area contributed by atoms with Gasteiger partial charge >= 0.3 is 0 Å². The summed E-state index contributed by atoms with van der Waals surface area (Å²) >= 11 is 11.5. The van der Waals surface area contributed by atoms with Gasteiger partial charge in [-0.05, 0) is 12.0 Å². The van der Waals surface area contributed by atoms with Gasteiger partial charge in [-0.2, -0.15) is 11.8 Å². The molecule has 0 saturated carbocycles. The number of thioether (sulfide) groups is 1. The molecule has 1 aliphatic heterocycles. The second-order valence-electron chi connectivity index (χ2n) is 3.89. The van der Waals surface area contributed by atoms with E-state index >= 15 is 0 Å². The summed E-state index contributed by atoms with van der Waals surface area (Å²) < 4.78 is 0.737. The first-order valence-electron chi connectivity index (χ1n) is 5.38. The van der Waals surface area contributed by atoms with E-state index in [0.717, 1.165) is 28.8 Å². The molecule has 1 unspecified atom stereocenters. The minimum Gasteiger partial charge on any atom is -0.353 e. The largest absolute Gasteiger partial charge is 0.353 e. The van der Waals surface area contributed by atoms with Gasteiger partial charge in [-0.15, -0.1) is 12.6 Å². The van der Waals surface area contributed by atoms with Crippen molar-refractivity contribution < 1.29 is 0 Å². The third kappa shape index (κ3) is 3.15. The quantitative estimate of drug-likeness (QED) is 0.650. The van der Waals surface area contributed by atoms with Crippen molar-refractivity contribution in [2.75, 3.05) is 18.1 Å². The Morgan fingerprint density at radius 2 is 2.19 bits per heavy atom. The zero-order chi connectivity index (χ0) is 11.4. The van der Waals surface area contributed by atoms with Gasteiger partial charge in [0, 0.05) is 24.1 Å². The van der Waals surface area contributed by atoms with E-state index in [4.69, 9.17) is 12.2 Å². The average Bonchev–Trinajstić information content (AvgIpc) is 2.31. The Bertz CT molecular complexity index is 353. The third-order valence-electron chi connectivity index (χ3n) is 2.79. The molecule has 0 aromatic heterocycles. The van der Waals surface area contributed by atoms with Crippen LogP contribution in [0.1, 0.15) is 5.56 Å². The molecule has 0 spiro atoms. The van der Waals surface area contributed by atoms with E-state index in [-0.39, 0.29) is 0 Å². The number of thiocarbonyl (C=S) groups is 1. The molecule has 86 valence electrons. The molecule has 0 N–H and O–H groups in total. The van der Waals surface area contributed by atoms with Crippen molar-refractivity contribution in [1.29, 1.82) is 0 Å². The summed E-state index contributed by atoms with van der Waals surface area (Å²) in [5.74, 6) is 2.31. The minimum absolute atomic E-state index is 0.506. The van der Waals surface area contributed by atoms with E-state index in [0.29, 0.717) is 6.04 Å². The Morgan fingerprint density at radius 1 is 1.44 bits per heavy atom. The van der Waals surface area contributed by atoms with Gasteiger partial charge in [0.05, 0.1) is 0 Å². The molecule has 1 heterocycles. The summed E-state index contributed by atoms with van der Waals surface area (Å²) in [6.07, 6.45) is 1.06. The standard InChI is InChI=1S/C12H15NS3/c14-12(15)13-6-7-16-9-11(13)8-10-4-2-1-3-5-10/h1-5,11H,6-9H2,(H,14,15). The molecule has 0 aliphatic carbocycles. The third-order valence-corrected chi connectivity index (χ3v) is 4.37. The predicted molar refractivity (Wildman–Crippen MR) is 79.5 cm³/mol. The molecule has 0 bridgehead atoms. The lowest BCUT2D eigenvalue weighted by Gasteiger charge is -2.36. The normalized spacial score (nSPS) is 20.8. The van der Waals surface area contributed by atoms with Crippen molar-refractivity contribution in [2.45, 2.75) is 12.5 Å². The van der Waals surface area contributed by atoms with Crippen LogP contribution in [-0.2, 0) is 6.42 Å². The predicted octanol–water partition coefficient (Wildman–Crippen LogP) is 2.86. The maximum atomic E-state index is 5.19. The van der Waals surface area contributed by atoms with Gasteiger partial charge < -0.3 is 4.90 Å². The Kier molecular flexibility index (Phi) is 4.55. The molecule has 1 fully saturated rings. The first-order valence-corrected chi connectivity index (χ1v) is 7.39. The molecule has 2 rings (SSSR count). The number of thiol groups is 1. The van der Waals surface area contributed by atoms with Crippen molar-refractivity contribution in [3.63, 3.8) is 0 Å². The summed E-state index contributed by atoms with van der Waals surface area (Å²) in [4.78, 5) is 2.25. The van der Waals surface area contributed by atoms with Crippen molar-refractivity contribution in [1.82, 2.24) is 4.90 Å². The molecule has 1 aromatic carbocycles. The molecule has 0 radical (unpaired) electrons. The summed E-state index contributed by atoms with van der Waals surface area (Å²) in [6.45, 7) is 1.03. The van der Waals surface area contributed by atoms with Crippen molar-refractivity contribution in [2.24, 2.45) is 0 Å². The van der Waals surface area contributed by atoms with Crippen LogP contribution < -0.4 is 0 Å². The number of nitrogens with zero attached hydrogens (tertiary/aromatic N) is 1. The summed E-state index contributed by atoms with van der Waals surface area (Å²) in [7, 11) is 0. The van der Waals surface area contributed by atoms with Gasteiger partial charge in [0.25, 0.3) is 0 Å². The van der Waals surface area contributed by atoms with Crippen LogP contribution in [0, 0.1) is 0 Å². The van der Waals surface area contributed by atoms with Gasteiger partial charge in [-0.3, -0.25) is 0 Å². The number of rotatable bonds is 2. The fourth-order valence-electron chi connectivity index (χ4n) is 1.96. The molecule has 16 heavy (non-hydrogen) atoms. The molecule has 4 heteroatoms. The van der Waals surface area contributed by atoms with E-state index in [2.05, 4.69) is 47.9 Å². The van der Waals surface area contributed by atoms with Crippen LogP contribution in [0.4, 0.5) is 0 Å². The minimum atomic E-state index is 0.506. The zero-order valence-electron chi connectivity index (χ0n) is 9.00. The molecule has 1 atom stereocenters. The van der Waals surface area contributed by atoms with E-state index in [9.17, 15) is 0 Å². The van der Waals surface area contributed by atoms with Crippen LogP contribution in [0.3, 0.4) is 0 Å². The van der Waals surface area contributed by atoms with E-state index in [1.807, 2.05) is 11.8 Å². The lowest BCUT2D eigenvalue weighted by atomic mass is 10.1. The fraction of sp³-hybridized carbons (Fsp3) is 0.417. The van der Waals surface area contributed by atoms with Crippen LogP contribution >= 0.6 is 36.6 Å². The highest BCUT2D eigenvalue weighted by molar-refractivity contribution is 8.11. The Labute approximate surface area is 112 Å². The van der Waals surface area contributed by atoms with Crippen molar-refractivity contribution in [3.05, 3.63) is 35.9 Å². The first kappa shape index (κ1) is 12.3. The molecule has 1 saturated heterocycles. The van der Waals surface area contributed by atoms with E-state index in [1.165, 1.54) is 5.56 Å². The lowest BCUT2D eigenvalue weighted by molar-refractivity contribution is 0.353. The average molecular weight is 269 g/mol. The summed E-state index contributed by atoms with van der Waals surface area (Å²) in [5, 5.41) is 0. The highest BCUT2D eigenvalue weighted by atomic mass is 32.2. The molecular weight excluding hydrogens is 254 g/mol. The van der Waals surface area contributed by atoms with E-state index in [1.54, 1.807) is 0 Å². The van der Waals surface area contributed by atoms with Crippen LogP contribution in [0.5, 0.6) is 0 Å². The first-order chi connectivity index (χ1) is 7.77. The summed E-state index contributed by atoms with van der Waals surface area (Å²) in [5.41, 5.74) is 1.38. The van der Waals surface area contributed by atoms with Gasteiger partial charge in [0.2, 0.25) is 0 Å². The van der Waals surface area contributed by atoms with E-state index < -0.39 is 0 Å². The summed E-state index contributed by atoms with van der Waals surface area (Å²) in [6, 6.07) is 11.1. The Balaban J connectivity index is 2.04. The molecule has 1 nitrogen and oxygen atoms in total. The maximum absolute atomic E-state index is 5.19. The second kappa shape index (κ2) is 5.94.